The highest BCUT2D eigenvalue weighted by atomic mass is 32.2. The van der Waals surface area contributed by atoms with Gasteiger partial charge < -0.3 is 5.32 Å². The minimum Gasteiger partial charge on any atom is -0.361 e. The lowest BCUT2D eigenvalue weighted by molar-refractivity contribution is 0.457. The molecular formula is C13H24N2S. The van der Waals surface area contributed by atoms with Crippen molar-refractivity contribution >= 4 is 16.9 Å². The van der Waals surface area contributed by atoms with Gasteiger partial charge in [-0.15, -0.1) is 0 Å². The van der Waals surface area contributed by atoms with E-state index in [-0.39, 0.29) is 0 Å². The van der Waals surface area contributed by atoms with Gasteiger partial charge in [-0.05, 0) is 23.2 Å². The molecule has 0 radical (unpaired) electrons. The van der Waals surface area contributed by atoms with E-state index in [0.29, 0.717) is 16.9 Å². The zero-order valence-corrected chi connectivity index (χ0v) is 11.9. The predicted molar refractivity (Wildman–Crippen MR) is 73.0 cm³/mol. The molecule has 2 rings (SSSR count). The number of aliphatic imine (C=N–C) groups is 1. The lowest BCUT2D eigenvalue weighted by atomic mass is 10.0. The van der Waals surface area contributed by atoms with Crippen LogP contribution >= 0.6 is 11.8 Å². The van der Waals surface area contributed by atoms with Gasteiger partial charge in [0.15, 0.2) is 5.17 Å². The lowest BCUT2D eigenvalue weighted by Gasteiger charge is -2.05. The highest BCUT2D eigenvalue weighted by Crippen LogP contribution is 2.68. The van der Waals surface area contributed by atoms with E-state index in [1.165, 1.54) is 17.3 Å². The standard InChI is InChI=1S/C13H24N2S/c1-6-9-8-16-11(15-9)14-7-10-12(2,3)13(10,4)5/h9-10H,6-8H2,1-5H3,(H,14,15). The highest BCUT2D eigenvalue weighted by Gasteiger charge is 2.64. The van der Waals surface area contributed by atoms with Crippen molar-refractivity contribution in [3.05, 3.63) is 0 Å². The Morgan fingerprint density at radius 1 is 1.31 bits per heavy atom. The first-order valence-electron chi connectivity index (χ1n) is 6.33. The molecule has 92 valence electrons. The number of hydrogen-bond donors (Lipinski definition) is 1. The molecule has 16 heavy (non-hydrogen) atoms. The predicted octanol–water partition coefficient (Wildman–Crippen LogP) is 3.14. The quantitative estimate of drug-likeness (QED) is 0.819. The van der Waals surface area contributed by atoms with E-state index < -0.39 is 0 Å². The first-order valence-corrected chi connectivity index (χ1v) is 7.32. The monoisotopic (exact) mass is 240 g/mol. The fourth-order valence-corrected chi connectivity index (χ4v) is 3.81. The van der Waals surface area contributed by atoms with Crippen molar-refractivity contribution in [2.75, 3.05) is 12.3 Å². The average molecular weight is 240 g/mol. The zero-order valence-electron chi connectivity index (χ0n) is 11.1. The maximum absolute atomic E-state index is 4.74. The minimum absolute atomic E-state index is 0.463. The van der Waals surface area contributed by atoms with Gasteiger partial charge >= 0.3 is 0 Å². The first kappa shape index (κ1) is 12.3. The summed E-state index contributed by atoms with van der Waals surface area (Å²) in [4.78, 5) is 4.74. The Labute approximate surface area is 104 Å². The number of amidine groups is 1. The number of thioether (sulfide) groups is 1. The fraction of sp³-hybridized carbons (Fsp3) is 0.923. The molecule has 1 saturated heterocycles. The third-order valence-electron chi connectivity index (χ3n) is 4.98. The summed E-state index contributed by atoms with van der Waals surface area (Å²) < 4.78 is 0. The summed E-state index contributed by atoms with van der Waals surface area (Å²) in [5.74, 6) is 1.93. The van der Waals surface area contributed by atoms with E-state index in [1.54, 1.807) is 0 Å². The second kappa shape index (κ2) is 3.94. The molecule has 2 nitrogen and oxygen atoms in total. The average Bonchev–Trinajstić information content (AvgIpc) is 2.60. The van der Waals surface area contributed by atoms with Crippen molar-refractivity contribution in [3.8, 4) is 0 Å². The maximum Gasteiger partial charge on any atom is 0.156 e. The van der Waals surface area contributed by atoms with Crippen LogP contribution in [0.2, 0.25) is 0 Å². The zero-order chi connectivity index (χ0) is 12.0. The number of hydrogen-bond acceptors (Lipinski definition) is 2. The van der Waals surface area contributed by atoms with E-state index in [1.807, 2.05) is 11.8 Å². The van der Waals surface area contributed by atoms with Gasteiger partial charge in [0, 0.05) is 18.3 Å². The Balaban J connectivity index is 1.88. The van der Waals surface area contributed by atoms with Crippen molar-refractivity contribution in [3.63, 3.8) is 0 Å². The Morgan fingerprint density at radius 3 is 2.38 bits per heavy atom. The minimum atomic E-state index is 0.463. The largest absolute Gasteiger partial charge is 0.361 e. The molecule has 0 aromatic heterocycles. The Bertz CT molecular complexity index is 293. The molecule has 2 aliphatic rings. The molecule has 0 amide bonds. The van der Waals surface area contributed by atoms with Crippen LogP contribution < -0.4 is 5.32 Å². The SMILES string of the molecule is CCC1CSC(=NCC2C(C)(C)C2(C)C)N1. The maximum atomic E-state index is 4.74. The summed E-state index contributed by atoms with van der Waals surface area (Å²) in [6.45, 7) is 12.7. The van der Waals surface area contributed by atoms with Crippen LogP contribution in [-0.2, 0) is 0 Å². The summed E-state index contributed by atoms with van der Waals surface area (Å²) in [7, 11) is 0. The van der Waals surface area contributed by atoms with Gasteiger partial charge in [-0.25, -0.2) is 0 Å². The van der Waals surface area contributed by atoms with Gasteiger partial charge in [0.05, 0.1) is 0 Å². The highest BCUT2D eigenvalue weighted by molar-refractivity contribution is 8.14. The molecule has 2 fully saturated rings. The molecule has 1 saturated carbocycles. The summed E-state index contributed by atoms with van der Waals surface area (Å²) in [6.07, 6.45) is 1.20. The van der Waals surface area contributed by atoms with Gasteiger partial charge in [-0.2, -0.15) is 0 Å². The van der Waals surface area contributed by atoms with E-state index in [0.717, 1.165) is 12.5 Å². The molecule has 1 aliphatic carbocycles. The summed E-state index contributed by atoms with van der Waals surface area (Å²) in [5.41, 5.74) is 0.926. The van der Waals surface area contributed by atoms with Crippen LogP contribution in [0.4, 0.5) is 0 Å². The normalized spacial score (nSPS) is 34.1. The molecule has 0 aromatic carbocycles. The van der Waals surface area contributed by atoms with Crippen molar-refractivity contribution in [1.29, 1.82) is 0 Å². The summed E-state index contributed by atoms with van der Waals surface area (Å²) in [6, 6.07) is 0.643. The van der Waals surface area contributed by atoms with Crippen LogP contribution in [0.3, 0.4) is 0 Å². The van der Waals surface area contributed by atoms with Crippen LogP contribution in [0.5, 0.6) is 0 Å². The summed E-state index contributed by atoms with van der Waals surface area (Å²) in [5, 5.41) is 4.66. The molecule has 1 heterocycles. The van der Waals surface area contributed by atoms with E-state index >= 15 is 0 Å². The third-order valence-corrected chi connectivity index (χ3v) is 6.07. The van der Waals surface area contributed by atoms with E-state index in [9.17, 15) is 0 Å². The number of rotatable bonds is 3. The van der Waals surface area contributed by atoms with E-state index in [4.69, 9.17) is 4.99 Å². The van der Waals surface area contributed by atoms with Gasteiger partial charge in [0.2, 0.25) is 0 Å². The van der Waals surface area contributed by atoms with Crippen LogP contribution in [0.15, 0.2) is 4.99 Å². The number of nitrogens with zero attached hydrogens (tertiary/aromatic N) is 1. The molecule has 0 bridgehead atoms. The second-order valence-electron chi connectivity index (χ2n) is 6.20. The molecule has 3 heteroatoms. The Hall–Kier alpha value is -0.180. The molecular weight excluding hydrogens is 216 g/mol. The van der Waals surface area contributed by atoms with Gasteiger partial charge in [0.25, 0.3) is 0 Å². The fourth-order valence-electron chi connectivity index (χ4n) is 2.71. The molecule has 0 spiro atoms. The van der Waals surface area contributed by atoms with Crippen LogP contribution in [-0.4, -0.2) is 23.5 Å². The lowest BCUT2D eigenvalue weighted by Crippen LogP contribution is -2.26. The van der Waals surface area contributed by atoms with Gasteiger partial charge in [-0.3, -0.25) is 4.99 Å². The molecule has 1 aliphatic heterocycles. The summed E-state index contributed by atoms with van der Waals surface area (Å²) >= 11 is 1.88. The topological polar surface area (TPSA) is 24.4 Å². The smallest absolute Gasteiger partial charge is 0.156 e. The number of nitrogens with one attached hydrogen (secondary N) is 1. The van der Waals surface area contributed by atoms with Crippen LogP contribution in [0.25, 0.3) is 0 Å². The Morgan fingerprint density at radius 2 is 1.94 bits per heavy atom. The van der Waals surface area contributed by atoms with Gasteiger partial charge in [0.1, 0.15) is 0 Å². The van der Waals surface area contributed by atoms with Crippen LogP contribution in [0.1, 0.15) is 41.0 Å². The molecule has 1 unspecified atom stereocenters. The molecule has 0 aromatic rings. The second-order valence-corrected chi connectivity index (χ2v) is 7.21. The van der Waals surface area contributed by atoms with Crippen molar-refractivity contribution in [1.82, 2.24) is 5.32 Å². The molecule has 1 N–H and O–H groups in total. The first-order chi connectivity index (χ1) is 7.39. The van der Waals surface area contributed by atoms with Crippen molar-refractivity contribution in [2.45, 2.75) is 47.1 Å². The Kier molecular flexibility index (Phi) is 3.02. The van der Waals surface area contributed by atoms with Crippen LogP contribution in [0, 0.1) is 16.7 Å². The third kappa shape index (κ3) is 1.87. The van der Waals surface area contributed by atoms with Crippen molar-refractivity contribution < 1.29 is 0 Å². The van der Waals surface area contributed by atoms with Gasteiger partial charge in [-0.1, -0.05) is 46.4 Å². The van der Waals surface area contributed by atoms with E-state index in [2.05, 4.69) is 39.9 Å². The van der Waals surface area contributed by atoms with Crippen molar-refractivity contribution in [2.24, 2.45) is 21.7 Å². The molecule has 1 atom stereocenters.